The van der Waals surface area contributed by atoms with E-state index in [2.05, 4.69) is 12.2 Å². The number of carbonyl (C=O) groups excluding carboxylic acids is 2. The maximum Gasteiger partial charge on any atom is 0.234 e. The number of rotatable bonds is 4. The van der Waals surface area contributed by atoms with Crippen molar-refractivity contribution < 1.29 is 18.0 Å². The first kappa shape index (κ1) is 18.3. The van der Waals surface area contributed by atoms with Gasteiger partial charge < -0.3 is 10.2 Å². The van der Waals surface area contributed by atoms with Crippen LogP contribution in [0.5, 0.6) is 0 Å². The highest BCUT2D eigenvalue weighted by Crippen LogP contribution is 2.33. The van der Waals surface area contributed by atoms with Crippen molar-refractivity contribution in [2.45, 2.75) is 36.0 Å². The van der Waals surface area contributed by atoms with Crippen LogP contribution in [0.2, 0.25) is 0 Å². The van der Waals surface area contributed by atoms with E-state index in [-0.39, 0.29) is 28.9 Å². The van der Waals surface area contributed by atoms with E-state index in [0.29, 0.717) is 30.4 Å². The highest BCUT2D eigenvalue weighted by atomic mass is 32.2. The minimum atomic E-state index is -3.56. The maximum atomic E-state index is 12.5. The molecule has 0 spiro atoms. The lowest BCUT2D eigenvalue weighted by Crippen LogP contribution is -2.38. The van der Waals surface area contributed by atoms with Crippen LogP contribution in [0.4, 0.5) is 5.69 Å². The Hall–Kier alpha value is -1.54. The molecule has 0 atom stereocenters. The molecule has 1 saturated heterocycles. The fourth-order valence-electron chi connectivity index (χ4n) is 3.01. The summed E-state index contributed by atoms with van der Waals surface area (Å²) >= 11 is 1.39. The summed E-state index contributed by atoms with van der Waals surface area (Å²) in [5, 5.41) is 2.69. The Kier molecular flexibility index (Phi) is 5.38. The molecule has 3 rings (SSSR count). The number of hydrogen-bond acceptors (Lipinski definition) is 5. The van der Waals surface area contributed by atoms with Gasteiger partial charge in [0.1, 0.15) is 0 Å². The van der Waals surface area contributed by atoms with Gasteiger partial charge in [-0.3, -0.25) is 9.59 Å². The van der Waals surface area contributed by atoms with Crippen molar-refractivity contribution in [3.63, 3.8) is 0 Å². The first-order valence-electron chi connectivity index (χ1n) is 8.42. The summed E-state index contributed by atoms with van der Waals surface area (Å²) in [5.41, 5.74) is 0.527. The van der Waals surface area contributed by atoms with Gasteiger partial charge >= 0.3 is 0 Å². The molecule has 0 bridgehead atoms. The van der Waals surface area contributed by atoms with Crippen molar-refractivity contribution in [2.24, 2.45) is 5.92 Å². The number of amides is 2. The normalized spacial score (nSPS) is 18.6. The van der Waals surface area contributed by atoms with E-state index >= 15 is 0 Å². The molecule has 0 radical (unpaired) electrons. The predicted octanol–water partition coefficient (Wildman–Crippen LogP) is 2.15. The number of benzene rings is 1. The van der Waals surface area contributed by atoms with Crippen molar-refractivity contribution >= 4 is 39.1 Å². The molecule has 2 aliphatic heterocycles. The van der Waals surface area contributed by atoms with Gasteiger partial charge in [-0.1, -0.05) is 6.92 Å². The van der Waals surface area contributed by atoms with Gasteiger partial charge in [-0.2, -0.15) is 0 Å². The van der Waals surface area contributed by atoms with Gasteiger partial charge in [0.25, 0.3) is 0 Å². The van der Waals surface area contributed by atoms with E-state index in [1.807, 2.05) is 0 Å². The molecule has 1 fully saturated rings. The third kappa shape index (κ3) is 4.36. The van der Waals surface area contributed by atoms with E-state index in [1.54, 1.807) is 17.0 Å². The second kappa shape index (κ2) is 7.37. The molecular formula is C17H22N2O4S2. The zero-order valence-electron chi connectivity index (χ0n) is 14.2. The van der Waals surface area contributed by atoms with Crippen molar-refractivity contribution in [3.8, 4) is 0 Å². The average Bonchev–Trinajstić information content (AvgIpc) is 2.59. The molecule has 136 valence electrons. The molecule has 0 unspecified atom stereocenters. The minimum absolute atomic E-state index is 0.00505. The molecule has 1 aromatic carbocycles. The molecular weight excluding hydrogens is 360 g/mol. The molecule has 1 aromatic rings. The van der Waals surface area contributed by atoms with E-state index in [1.165, 1.54) is 17.8 Å². The zero-order chi connectivity index (χ0) is 18.0. The Morgan fingerprint density at radius 3 is 2.76 bits per heavy atom. The molecule has 6 nitrogen and oxygen atoms in total. The Morgan fingerprint density at radius 2 is 2.04 bits per heavy atom. The summed E-state index contributed by atoms with van der Waals surface area (Å²) in [7, 11) is -3.56. The molecule has 2 amide bonds. The van der Waals surface area contributed by atoms with Crippen LogP contribution in [-0.2, 0) is 19.4 Å². The lowest BCUT2D eigenvalue weighted by molar-refractivity contribution is -0.132. The van der Waals surface area contributed by atoms with Gasteiger partial charge in [0, 0.05) is 24.4 Å². The van der Waals surface area contributed by atoms with Gasteiger partial charge in [-0.05, 0) is 37.0 Å². The molecule has 2 heterocycles. The number of nitrogens with one attached hydrogen (secondary N) is 1. The number of fused-ring (bicyclic) bond motifs is 1. The minimum Gasteiger partial charge on any atom is -0.343 e. The van der Waals surface area contributed by atoms with Crippen LogP contribution in [0.15, 0.2) is 28.0 Å². The Morgan fingerprint density at radius 1 is 1.32 bits per heavy atom. The summed E-state index contributed by atoms with van der Waals surface area (Å²) in [4.78, 5) is 26.5. The summed E-state index contributed by atoms with van der Waals surface area (Å²) in [5.74, 6) is 0.509. The fourth-order valence-corrected chi connectivity index (χ4v) is 5.05. The number of carbonyl (C=O) groups is 2. The van der Waals surface area contributed by atoms with Crippen molar-refractivity contribution in [3.05, 3.63) is 18.2 Å². The van der Waals surface area contributed by atoms with Gasteiger partial charge in [0.2, 0.25) is 11.8 Å². The van der Waals surface area contributed by atoms with Crippen LogP contribution in [0.1, 0.15) is 26.2 Å². The van der Waals surface area contributed by atoms with Gasteiger partial charge in [-0.25, -0.2) is 8.42 Å². The number of sulfone groups is 1. The number of piperidine rings is 1. The van der Waals surface area contributed by atoms with E-state index in [9.17, 15) is 18.0 Å². The molecule has 0 aliphatic carbocycles. The highest BCUT2D eigenvalue weighted by Gasteiger charge is 2.24. The van der Waals surface area contributed by atoms with E-state index in [0.717, 1.165) is 17.7 Å². The lowest BCUT2D eigenvalue weighted by atomic mass is 9.99. The first-order chi connectivity index (χ1) is 11.8. The van der Waals surface area contributed by atoms with Crippen LogP contribution in [0.3, 0.4) is 0 Å². The Balaban J connectivity index is 1.65. The predicted molar refractivity (Wildman–Crippen MR) is 97.4 cm³/mol. The summed E-state index contributed by atoms with van der Waals surface area (Å²) < 4.78 is 25.1. The smallest absolute Gasteiger partial charge is 0.234 e. The van der Waals surface area contributed by atoms with Gasteiger partial charge in [-0.15, -0.1) is 11.8 Å². The number of hydrogen-bond donors (Lipinski definition) is 1. The molecule has 2 aliphatic rings. The van der Waals surface area contributed by atoms with Crippen LogP contribution in [0, 0.1) is 5.92 Å². The second-order valence-electron chi connectivity index (χ2n) is 6.63. The third-order valence-corrected chi connectivity index (χ3v) is 7.45. The maximum absolute atomic E-state index is 12.5. The number of likely N-dealkylation sites (tertiary alicyclic amines) is 1. The fraction of sp³-hybridized carbons (Fsp3) is 0.529. The third-order valence-electron chi connectivity index (χ3n) is 4.66. The SMILES string of the molecule is CC1CCN(C(=O)CCS(=O)(=O)c2ccc3c(c2)NC(=O)CS3)CC1. The lowest BCUT2D eigenvalue weighted by Gasteiger charge is -2.30. The molecule has 1 N–H and O–H groups in total. The molecule has 0 aromatic heterocycles. The monoisotopic (exact) mass is 382 g/mol. The van der Waals surface area contributed by atoms with Crippen LogP contribution in [-0.4, -0.2) is 49.7 Å². The number of nitrogens with zero attached hydrogens (tertiary/aromatic N) is 1. The molecule has 8 heteroatoms. The Labute approximate surface area is 152 Å². The number of thioether (sulfide) groups is 1. The highest BCUT2D eigenvalue weighted by molar-refractivity contribution is 8.00. The summed E-state index contributed by atoms with van der Waals surface area (Å²) in [6.07, 6.45) is 1.94. The largest absolute Gasteiger partial charge is 0.343 e. The Bertz CT molecular complexity index is 784. The standard InChI is InChI=1S/C17H22N2O4S2/c1-12-4-7-19(8-5-12)17(21)6-9-25(22,23)13-2-3-15-14(10-13)18-16(20)11-24-15/h2-3,10,12H,4-9,11H2,1H3,(H,18,20). The van der Waals surface area contributed by atoms with Crippen LogP contribution >= 0.6 is 11.8 Å². The van der Waals surface area contributed by atoms with Gasteiger partial charge in [0.05, 0.1) is 22.1 Å². The van der Waals surface area contributed by atoms with E-state index in [4.69, 9.17) is 0 Å². The van der Waals surface area contributed by atoms with Crippen LogP contribution < -0.4 is 5.32 Å². The zero-order valence-corrected chi connectivity index (χ0v) is 15.8. The number of anilines is 1. The van der Waals surface area contributed by atoms with Crippen molar-refractivity contribution in [1.82, 2.24) is 4.90 Å². The van der Waals surface area contributed by atoms with Crippen molar-refractivity contribution in [1.29, 1.82) is 0 Å². The summed E-state index contributed by atoms with van der Waals surface area (Å²) in [6, 6.07) is 4.74. The quantitative estimate of drug-likeness (QED) is 0.863. The summed E-state index contributed by atoms with van der Waals surface area (Å²) in [6.45, 7) is 3.59. The van der Waals surface area contributed by atoms with E-state index < -0.39 is 9.84 Å². The average molecular weight is 383 g/mol. The second-order valence-corrected chi connectivity index (χ2v) is 9.75. The van der Waals surface area contributed by atoms with Gasteiger partial charge in [0.15, 0.2) is 9.84 Å². The topological polar surface area (TPSA) is 83.6 Å². The molecule has 0 saturated carbocycles. The van der Waals surface area contributed by atoms with Crippen molar-refractivity contribution in [2.75, 3.05) is 29.9 Å². The molecule has 25 heavy (non-hydrogen) atoms. The van der Waals surface area contributed by atoms with Crippen LogP contribution in [0.25, 0.3) is 0 Å². The first-order valence-corrected chi connectivity index (χ1v) is 11.1.